The van der Waals surface area contributed by atoms with E-state index in [1.807, 2.05) is 0 Å². The third-order valence-corrected chi connectivity index (χ3v) is 4.42. The van der Waals surface area contributed by atoms with Gasteiger partial charge in [-0.15, -0.1) is 0 Å². The topological polar surface area (TPSA) is 99.8 Å². The molecule has 0 aliphatic carbocycles. The number of amides is 4. The molecule has 2 aliphatic heterocycles. The Balaban J connectivity index is 1.80. The van der Waals surface area contributed by atoms with Gasteiger partial charge in [-0.2, -0.15) is 0 Å². The zero-order valence-electron chi connectivity index (χ0n) is 14.1. The fourth-order valence-electron chi connectivity index (χ4n) is 3.08. The first-order valence-corrected chi connectivity index (χ1v) is 8.39. The van der Waals surface area contributed by atoms with Crippen LogP contribution in [0.5, 0.6) is 5.75 Å². The number of benzene rings is 1. The normalized spacial score (nSPS) is 20.8. The van der Waals surface area contributed by atoms with Gasteiger partial charge in [-0.25, -0.2) is 4.79 Å². The maximum atomic E-state index is 12.5. The summed E-state index contributed by atoms with van der Waals surface area (Å²) >= 11 is 0. The van der Waals surface area contributed by atoms with Crippen molar-refractivity contribution in [1.29, 1.82) is 0 Å². The van der Waals surface area contributed by atoms with Gasteiger partial charge in [0.05, 0.1) is 12.8 Å². The summed E-state index contributed by atoms with van der Waals surface area (Å²) in [6.45, 7) is 1.98. The third kappa shape index (κ3) is 3.90. The summed E-state index contributed by atoms with van der Waals surface area (Å²) in [5.41, 5.74) is 0.924. The van der Waals surface area contributed by atoms with Crippen molar-refractivity contribution in [3.63, 3.8) is 0 Å². The van der Waals surface area contributed by atoms with E-state index in [2.05, 4.69) is 16.0 Å². The number of nitrogens with one attached hydrogen (secondary N) is 3. The Morgan fingerprint density at radius 2 is 2.20 bits per heavy atom. The predicted molar refractivity (Wildman–Crippen MR) is 91.9 cm³/mol. The third-order valence-electron chi connectivity index (χ3n) is 4.42. The van der Waals surface area contributed by atoms with E-state index in [0.29, 0.717) is 17.0 Å². The van der Waals surface area contributed by atoms with E-state index >= 15 is 0 Å². The average Bonchev–Trinajstić information content (AvgIpc) is 2.62. The first kappa shape index (κ1) is 17.2. The minimum atomic E-state index is -0.511. The molecule has 2 fully saturated rings. The predicted octanol–water partition coefficient (Wildman–Crippen LogP) is 0.623. The maximum absolute atomic E-state index is 12.5. The van der Waals surface area contributed by atoms with Crippen molar-refractivity contribution in [3.8, 4) is 5.75 Å². The number of nitrogens with zero attached hydrogens (tertiary/aromatic N) is 1. The molecule has 0 radical (unpaired) electrons. The van der Waals surface area contributed by atoms with Gasteiger partial charge in [0, 0.05) is 31.1 Å². The molecule has 2 aliphatic rings. The van der Waals surface area contributed by atoms with E-state index < -0.39 is 6.03 Å². The molecular formula is C17H22N4O4. The number of ether oxygens (including phenoxy) is 1. The largest absolute Gasteiger partial charge is 0.495 e. The standard InChI is InChI=1S/C17H22N4O4/c1-25-14-5-4-11(16(23)19-12-3-2-7-18-10-12)9-13(14)21-8-6-15(22)20-17(21)24/h4-5,9,12,18H,2-3,6-8,10H2,1H3,(H,19,23)(H,20,22,24). The number of piperidine rings is 1. The Morgan fingerprint density at radius 3 is 2.88 bits per heavy atom. The fraction of sp³-hybridized carbons (Fsp3) is 0.471. The molecule has 8 nitrogen and oxygen atoms in total. The van der Waals surface area contributed by atoms with Crippen LogP contribution in [0.15, 0.2) is 18.2 Å². The average molecular weight is 346 g/mol. The molecule has 1 atom stereocenters. The molecule has 3 rings (SSSR count). The van der Waals surface area contributed by atoms with Gasteiger partial charge in [-0.05, 0) is 37.6 Å². The SMILES string of the molecule is COc1ccc(C(=O)NC2CCCNC2)cc1N1CCC(=O)NC1=O. The highest BCUT2D eigenvalue weighted by molar-refractivity contribution is 6.07. The van der Waals surface area contributed by atoms with Crippen LogP contribution in [0, 0.1) is 0 Å². The first-order chi connectivity index (χ1) is 12.1. The number of anilines is 1. The highest BCUT2D eigenvalue weighted by Crippen LogP contribution is 2.30. The van der Waals surface area contributed by atoms with E-state index in [4.69, 9.17) is 4.74 Å². The Kier molecular flexibility index (Phi) is 5.18. The molecule has 134 valence electrons. The summed E-state index contributed by atoms with van der Waals surface area (Å²) < 4.78 is 5.31. The second-order valence-corrected chi connectivity index (χ2v) is 6.16. The van der Waals surface area contributed by atoms with Gasteiger partial charge in [0.2, 0.25) is 5.91 Å². The van der Waals surface area contributed by atoms with Gasteiger partial charge >= 0.3 is 6.03 Å². The first-order valence-electron chi connectivity index (χ1n) is 8.39. The molecule has 0 spiro atoms. The van der Waals surface area contributed by atoms with Crippen LogP contribution < -0.4 is 25.6 Å². The Morgan fingerprint density at radius 1 is 1.36 bits per heavy atom. The quantitative estimate of drug-likeness (QED) is 0.742. The van der Waals surface area contributed by atoms with Crippen LogP contribution in [0.4, 0.5) is 10.5 Å². The highest BCUT2D eigenvalue weighted by atomic mass is 16.5. The van der Waals surface area contributed by atoms with Crippen molar-refractivity contribution in [1.82, 2.24) is 16.0 Å². The lowest BCUT2D eigenvalue weighted by Gasteiger charge is -2.28. The summed E-state index contributed by atoms with van der Waals surface area (Å²) in [5.74, 6) is -0.0228. The van der Waals surface area contributed by atoms with E-state index in [0.717, 1.165) is 25.9 Å². The van der Waals surface area contributed by atoms with Crippen LogP contribution in [0.1, 0.15) is 29.6 Å². The highest BCUT2D eigenvalue weighted by Gasteiger charge is 2.27. The lowest BCUT2D eigenvalue weighted by molar-refractivity contribution is -0.120. The summed E-state index contributed by atoms with van der Waals surface area (Å²) in [6.07, 6.45) is 2.18. The van der Waals surface area contributed by atoms with Crippen LogP contribution in [0.3, 0.4) is 0 Å². The van der Waals surface area contributed by atoms with Crippen LogP contribution in [-0.2, 0) is 4.79 Å². The van der Waals surface area contributed by atoms with Crippen molar-refractivity contribution >= 4 is 23.5 Å². The lowest BCUT2D eigenvalue weighted by atomic mass is 10.1. The number of hydrogen-bond acceptors (Lipinski definition) is 5. The molecule has 4 amide bonds. The molecule has 1 aromatic carbocycles. The molecule has 25 heavy (non-hydrogen) atoms. The number of hydrogen-bond donors (Lipinski definition) is 3. The van der Waals surface area contributed by atoms with Crippen LogP contribution in [0.2, 0.25) is 0 Å². The van der Waals surface area contributed by atoms with Crippen molar-refractivity contribution < 1.29 is 19.1 Å². The molecule has 2 saturated heterocycles. The Hall–Kier alpha value is -2.61. The van der Waals surface area contributed by atoms with E-state index in [-0.39, 0.29) is 30.8 Å². The van der Waals surface area contributed by atoms with Gasteiger partial charge < -0.3 is 15.4 Å². The van der Waals surface area contributed by atoms with Gasteiger partial charge in [0.1, 0.15) is 5.75 Å². The summed E-state index contributed by atoms with van der Waals surface area (Å²) in [7, 11) is 1.50. The van der Waals surface area contributed by atoms with E-state index in [1.165, 1.54) is 12.0 Å². The second-order valence-electron chi connectivity index (χ2n) is 6.16. The molecule has 8 heteroatoms. The molecule has 2 heterocycles. The number of carbonyl (C=O) groups is 3. The minimum Gasteiger partial charge on any atom is -0.495 e. The van der Waals surface area contributed by atoms with Gasteiger partial charge in [-0.3, -0.25) is 19.8 Å². The monoisotopic (exact) mass is 346 g/mol. The Bertz CT molecular complexity index is 685. The number of carbonyl (C=O) groups excluding carboxylic acids is 3. The summed E-state index contributed by atoms with van der Waals surface area (Å²) in [6, 6.07) is 4.54. The van der Waals surface area contributed by atoms with Crippen molar-refractivity contribution in [3.05, 3.63) is 23.8 Å². The van der Waals surface area contributed by atoms with Crippen molar-refractivity contribution in [2.24, 2.45) is 0 Å². The molecular weight excluding hydrogens is 324 g/mol. The van der Waals surface area contributed by atoms with Gasteiger partial charge in [-0.1, -0.05) is 0 Å². The smallest absolute Gasteiger partial charge is 0.328 e. The van der Waals surface area contributed by atoms with Crippen LogP contribution in [0.25, 0.3) is 0 Å². The number of methoxy groups -OCH3 is 1. The van der Waals surface area contributed by atoms with E-state index in [9.17, 15) is 14.4 Å². The number of urea groups is 1. The van der Waals surface area contributed by atoms with Gasteiger partial charge in [0.25, 0.3) is 5.91 Å². The minimum absolute atomic E-state index is 0.0997. The zero-order valence-corrected chi connectivity index (χ0v) is 14.1. The molecule has 1 unspecified atom stereocenters. The fourth-order valence-corrected chi connectivity index (χ4v) is 3.08. The van der Waals surface area contributed by atoms with Crippen LogP contribution in [-0.4, -0.2) is 50.6 Å². The molecule has 0 saturated carbocycles. The van der Waals surface area contributed by atoms with Crippen LogP contribution >= 0.6 is 0 Å². The van der Waals surface area contributed by atoms with Gasteiger partial charge in [0.15, 0.2) is 0 Å². The zero-order chi connectivity index (χ0) is 17.8. The van der Waals surface area contributed by atoms with Crippen molar-refractivity contribution in [2.45, 2.75) is 25.3 Å². The van der Waals surface area contributed by atoms with Crippen molar-refractivity contribution in [2.75, 3.05) is 31.6 Å². The lowest BCUT2D eigenvalue weighted by Crippen LogP contribution is -2.49. The number of imide groups is 1. The summed E-state index contributed by atoms with van der Waals surface area (Å²) in [5, 5.41) is 8.54. The maximum Gasteiger partial charge on any atom is 0.328 e. The summed E-state index contributed by atoms with van der Waals surface area (Å²) in [4.78, 5) is 37.4. The molecule has 0 aromatic heterocycles. The Labute approximate surface area is 145 Å². The van der Waals surface area contributed by atoms with E-state index in [1.54, 1.807) is 18.2 Å². The molecule has 0 bridgehead atoms. The number of rotatable bonds is 4. The second kappa shape index (κ2) is 7.52. The molecule has 3 N–H and O–H groups in total. The molecule has 1 aromatic rings.